The molecule has 0 bridgehead atoms. The maximum absolute atomic E-state index is 9.49. The Morgan fingerprint density at radius 2 is 2.17 bits per heavy atom. The smallest absolute Gasteiger partial charge is 0.0355 e. The fraction of sp³-hybridized carbons (Fsp3) is 1.00. The van der Waals surface area contributed by atoms with Crippen LogP contribution in [-0.4, -0.2) is 19.6 Å². The summed E-state index contributed by atoms with van der Waals surface area (Å²) in [4.78, 5) is 0. The first-order chi connectivity index (χ1) is 2.64. The van der Waals surface area contributed by atoms with E-state index in [9.17, 15) is 8.76 Å². The summed E-state index contributed by atoms with van der Waals surface area (Å²) < 4.78 is 19.5. The molecular formula is CH3ClNO2S-. The highest BCUT2D eigenvalue weighted by molar-refractivity contribution is 7.77. The number of hydrogen-bond acceptors (Lipinski definition) is 2. The van der Waals surface area contributed by atoms with Crippen molar-refractivity contribution < 1.29 is 8.76 Å². The second kappa shape index (κ2) is 2.52. The van der Waals surface area contributed by atoms with Gasteiger partial charge < -0.3 is 4.55 Å². The molecule has 5 heteroatoms. The topological polar surface area (TPSA) is 43.4 Å². The first kappa shape index (κ1) is 6.36. The summed E-state index contributed by atoms with van der Waals surface area (Å²) in [6, 6.07) is 0. The average Bonchev–Trinajstić information content (AvgIpc) is 1.36. The minimum absolute atomic E-state index is 0.556. The van der Waals surface area contributed by atoms with Crippen molar-refractivity contribution in [1.82, 2.24) is 3.82 Å². The van der Waals surface area contributed by atoms with Gasteiger partial charge in [0.05, 0.1) is 0 Å². The van der Waals surface area contributed by atoms with E-state index in [0.717, 1.165) is 0 Å². The van der Waals surface area contributed by atoms with E-state index in [4.69, 9.17) is 11.8 Å². The monoisotopic (exact) mass is 128 g/mol. The largest absolute Gasteiger partial charge is 0.759 e. The third-order valence-electron chi connectivity index (χ3n) is 0.205. The van der Waals surface area contributed by atoms with Crippen molar-refractivity contribution in [2.75, 3.05) is 7.05 Å². The molecule has 0 aliphatic carbocycles. The van der Waals surface area contributed by atoms with Crippen molar-refractivity contribution in [2.24, 2.45) is 0 Å². The van der Waals surface area contributed by atoms with E-state index >= 15 is 0 Å². The van der Waals surface area contributed by atoms with Gasteiger partial charge in [-0.2, -0.15) is 3.82 Å². The minimum Gasteiger partial charge on any atom is -0.759 e. The van der Waals surface area contributed by atoms with Gasteiger partial charge >= 0.3 is 0 Å². The quantitative estimate of drug-likeness (QED) is 0.365. The van der Waals surface area contributed by atoms with E-state index < -0.39 is 11.3 Å². The standard InChI is InChI=1S/CH4ClNO2S/c1-3(2)6(4)5/h1H3,(H,4,5)/p-1. The number of halogens is 1. The molecule has 0 N–H and O–H groups in total. The van der Waals surface area contributed by atoms with Crippen LogP contribution < -0.4 is 0 Å². The zero-order valence-corrected chi connectivity index (χ0v) is 4.62. The summed E-state index contributed by atoms with van der Waals surface area (Å²) in [6.07, 6.45) is 0. The van der Waals surface area contributed by atoms with Gasteiger partial charge in [0.25, 0.3) is 0 Å². The summed E-state index contributed by atoms with van der Waals surface area (Å²) in [5.41, 5.74) is 0. The molecule has 1 unspecified atom stereocenters. The highest BCUT2D eigenvalue weighted by Gasteiger charge is 1.82. The predicted octanol–water partition coefficient (Wildman–Crippen LogP) is -0.134. The molecule has 1 atom stereocenters. The van der Waals surface area contributed by atoms with Crippen LogP contribution in [0.1, 0.15) is 0 Å². The van der Waals surface area contributed by atoms with Gasteiger partial charge in [0, 0.05) is 18.3 Å². The molecule has 0 aliphatic rings. The molecule has 0 aromatic heterocycles. The first-order valence-electron chi connectivity index (χ1n) is 1.13. The van der Waals surface area contributed by atoms with Gasteiger partial charge in [0.1, 0.15) is 0 Å². The summed E-state index contributed by atoms with van der Waals surface area (Å²) in [7, 11) is 1.23. The zero-order valence-electron chi connectivity index (χ0n) is 3.05. The van der Waals surface area contributed by atoms with Gasteiger partial charge in [-0.15, -0.1) is 0 Å². The Labute approximate surface area is 43.4 Å². The van der Waals surface area contributed by atoms with Crippen LogP contribution in [0, 0.1) is 0 Å². The molecule has 0 rings (SSSR count). The van der Waals surface area contributed by atoms with Crippen molar-refractivity contribution in [2.45, 2.75) is 0 Å². The maximum atomic E-state index is 9.49. The van der Waals surface area contributed by atoms with E-state index in [1.54, 1.807) is 0 Å². The number of hydrogen-bond donors (Lipinski definition) is 0. The fourth-order valence-corrected chi connectivity index (χ4v) is 0. The normalized spacial score (nSPS) is 15.3. The van der Waals surface area contributed by atoms with Gasteiger partial charge in [-0.1, -0.05) is 0 Å². The zero-order chi connectivity index (χ0) is 5.15. The minimum atomic E-state index is -2.27. The summed E-state index contributed by atoms with van der Waals surface area (Å²) >= 11 is 2.56. The van der Waals surface area contributed by atoms with E-state index in [0.29, 0.717) is 3.82 Å². The van der Waals surface area contributed by atoms with Gasteiger partial charge in [-0.05, 0) is 11.8 Å². The van der Waals surface area contributed by atoms with Gasteiger partial charge in [0.2, 0.25) is 0 Å². The molecule has 0 spiro atoms. The number of rotatable bonds is 1. The molecule has 0 aromatic carbocycles. The lowest BCUT2D eigenvalue weighted by Gasteiger charge is -2.06. The fourth-order valence-electron chi connectivity index (χ4n) is 0. The molecular weight excluding hydrogens is 126 g/mol. The highest BCUT2D eigenvalue weighted by atomic mass is 35.5. The van der Waals surface area contributed by atoms with Gasteiger partial charge in [-0.3, -0.25) is 4.21 Å². The molecule has 3 nitrogen and oxygen atoms in total. The molecule has 6 heavy (non-hydrogen) atoms. The van der Waals surface area contributed by atoms with Crippen molar-refractivity contribution in [1.29, 1.82) is 0 Å². The molecule has 0 aliphatic heterocycles. The predicted molar refractivity (Wildman–Crippen MR) is 22.5 cm³/mol. The molecule has 0 saturated carbocycles. The Balaban J connectivity index is 3.26. The molecule has 0 heterocycles. The SMILES string of the molecule is CN(Cl)S(=O)[O-]. The van der Waals surface area contributed by atoms with Gasteiger partial charge in [-0.25, -0.2) is 0 Å². The lowest BCUT2D eigenvalue weighted by atomic mass is 11.6. The average molecular weight is 129 g/mol. The van der Waals surface area contributed by atoms with Crippen LogP contribution in [0.3, 0.4) is 0 Å². The van der Waals surface area contributed by atoms with Crippen molar-refractivity contribution in [3.63, 3.8) is 0 Å². The van der Waals surface area contributed by atoms with Crippen LogP contribution in [0.15, 0.2) is 0 Å². The van der Waals surface area contributed by atoms with Crippen LogP contribution >= 0.6 is 11.8 Å². The van der Waals surface area contributed by atoms with Crippen LogP contribution in [0.4, 0.5) is 0 Å². The van der Waals surface area contributed by atoms with Crippen molar-refractivity contribution in [3.8, 4) is 0 Å². The van der Waals surface area contributed by atoms with Crippen LogP contribution in [-0.2, 0) is 11.3 Å². The van der Waals surface area contributed by atoms with Crippen molar-refractivity contribution in [3.05, 3.63) is 0 Å². The molecule has 0 saturated heterocycles. The van der Waals surface area contributed by atoms with Gasteiger partial charge in [0.15, 0.2) is 0 Å². The van der Waals surface area contributed by atoms with Crippen LogP contribution in [0.2, 0.25) is 0 Å². The van der Waals surface area contributed by atoms with E-state index in [-0.39, 0.29) is 0 Å². The molecule has 0 fully saturated rings. The number of nitrogens with zero attached hydrogens (tertiary/aromatic N) is 1. The maximum Gasteiger partial charge on any atom is 0.0355 e. The lowest BCUT2D eigenvalue weighted by molar-refractivity contribution is 0.503. The second-order valence-corrected chi connectivity index (χ2v) is 2.33. The molecule has 38 valence electrons. The highest BCUT2D eigenvalue weighted by Crippen LogP contribution is 1.87. The Bertz CT molecular complexity index is 64.6. The Hall–Kier alpha value is 0.360. The lowest BCUT2D eigenvalue weighted by Crippen LogP contribution is -2.06. The molecule has 0 amide bonds. The van der Waals surface area contributed by atoms with E-state index in [1.165, 1.54) is 7.05 Å². The first-order valence-corrected chi connectivity index (χ1v) is 2.50. The third kappa shape index (κ3) is 2.59. The summed E-state index contributed by atoms with van der Waals surface area (Å²) in [5, 5.41) is 0. The molecule has 0 aromatic rings. The molecule has 0 radical (unpaired) electrons. The summed E-state index contributed by atoms with van der Waals surface area (Å²) in [6.45, 7) is 0. The Kier molecular flexibility index (Phi) is 2.67. The Morgan fingerprint density at radius 1 is 2.00 bits per heavy atom. The third-order valence-corrected chi connectivity index (χ3v) is 0.954. The van der Waals surface area contributed by atoms with E-state index in [1.807, 2.05) is 0 Å². The Morgan fingerprint density at radius 3 is 2.17 bits per heavy atom. The van der Waals surface area contributed by atoms with Crippen LogP contribution in [0.5, 0.6) is 0 Å². The summed E-state index contributed by atoms with van der Waals surface area (Å²) in [5.74, 6) is 0. The van der Waals surface area contributed by atoms with E-state index in [2.05, 4.69) is 0 Å². The van der Waals surface area contributed by atoms with Crippen molar-refractivity contribution >= 4 is 23.0 Å². The van der Waals surface area contributed by atoms with Crippen LogP contribution in [0.25, 0.3) is 0 Å². The second-order valence-electron chi connectivity index (χ2n) is 0.638.